The minimum absolute atomic E-state index is 0.0512. The van der Waals surface area contributed by atoms with Gasteiger partial charge in [0, 0.05) is 12.8 Å². The van der Waals surface area contributed by atoms with Gasteiger partial charge in [-0.25, -0.2) is 4.79 Å². The van der Waals surface area contributed by atoms with E-state index in [0.717, 1.165) is 0 Å². The van der Waals surface area contributed by atoms with Crippen LogP contribution in [0.4, 0.5) is 0 Å². The van der Waals surface area contributed by atoms with Crippen LogP contribution in [0.3, 0.4) is 0 Å². The summed E-state index contributed by atoms with van der Waals surface area (Å²) in [4.78, 5) is 25.5. The number of hydrogen-bond donors (Lipinski definition) is 3. The molecule has 0 unspecified atom stereocenters. The number of carboxylic acids is 2. The van der Waals surface area contributed by atoms with Crippen LogP contribution < -0.4 is 5.73 Å². The summed E-state index contributed by atoms with van der Waals surface area (Å²) in [6.45, 7) is 0. The van der Waals surface area contributed by atoms with Gasteiger partial charge in [0.1, 0.15) is 12.1 Å². The molecule has 0 aromatic carbocycles. The smallest absolute Gasteiger partial charge is 0.353 e. The molecule has 0 aromatic heterocycles. The zero-order valence-electron chi connectivity index (χ0n) is 7.21. The molecule has 0 saturated heterocycles. The Morgan fingerprint density at radius 1 is 1.64 bits per heavy atom. The van der Waals surface area contributed by atoms with E-state index in [-0.39, 0.29) is 18.6 Å². The molecule has 0 bridgehead atoms. The molecule has 0 saturated carbocycles. The summed E-state index contributed by atoms with van der Waals surface area (Å²) in [6.07, 6.45) is -0.404. The molecule has 1 aliphatic heterocycles. The van der Waals surface area contributed by atoms with Crippen molar-refractivity contribution in [3.8, 4) is 0 Å². The van der Waals surface area contributed by atoms with E-state index in [1.807, 2.05) is 0 Å². The number of oxime groups is 1. The normalized spacial score (nSPS) is 22.4. The van der Waals surface area contributed by atoms with Gasteiger partial charge in [-0.05, 0) is 0 Å². The molecule has 14 heavy (non-hydrogen) atoms. The molecule has 1 rings (SSSR count). The Morgan fingerprint density at radius 3 is 2.71 bits per heavy atom. The fourth-order valence-corrected chi connectivity index (χ4v) is 1.07. The quantitative estimate of drug-likeness (QED) is 0.538. The van der Waals surface area contributed by atoms with Crippen molar-refractivity contribution in [2.75, 3.05) is 0 Å². The Labute approximate surface area is 79.1 Å². The number of nitrogens with two attached hydrogens (primary N) is 1. The molecule has 0 spiro atoms. The highest BCUT2D eigenvalue weighted by molar-refractivity contribution is 6.35. The van der Waals surface area contributed by atoms with Crippen molar-refractivity contribution < 1.29 is 24.6 Å². The lowest BCUT2D eigenvalue weighted by atomic mass is 10.1. The first-order valence-electron chi connectivity index (χ1n) is 3.95. The Morgan fingerprint density at radius 2 is 2.29 bits per heavy atom. The van der Waals surface area contributed by atoms with Gasteiger partial charge in [-0.2, -0.15) is 0 Å². The third-order valence-electron chi connectivity index (χ3n) is 1.81. The van der Waals surface area contributed by atoms with Crippen molar-refractivity contribution in [2.24, 2.45) is 10.9 Å². The van der Waals surface area contributed by atoms with Gasteiger partial charge in [-0.15, -0.1) is 0 Å². The van der Waals surface area contributed by atoms with Crippen LogP contribution in [0.1, 0.15) is 12.8 Å². The minimum Gasteiger partial charge on any atom is -0.480 e. The van der Waals surface area contributed by atoms with Gasteiger partial charge in [0.05, 0.1) is 0 Å². The summed E-state index contributed by atoms with van der Waals surface area (Å²) in [6, 6.07) is -1.05. The first-order valence-corrected chi connectivity index (χ1v) is 3.95. The molecule has 78 valence electrons. The zero-order valence-corrected chi connectivity index (χ0v) is 7.21. The summed E-state index contributed by atoms with van der Waals surface area (Å²) in [5.41, 5.74) is 5.14. The first-order chi connectivity index (χ1) is 6.50. The number of aliphatic carboxylic acids is 2. The number of rotatable bonds is 4. The average Bonchev–Trinajstić information content (AvgIpc) is 2.52. The third kappa shape index (κ3) is 2.43. The molecular formula is C7H10N2O5. The predicted molar refractivity (Wildman–Crippen MR) is 44.8 cm³/mol. The van der Waals surface area contributed by atoms with Crippen LogP contribution in [0.5, 0.6) is 0 Å². The summed E-state index contributed by atoms with van der Waals surface area (Å²) < 4.78 is 0. The second kappa shape index (κ2) is 4.05. The van der Waals surface area contributed by atoms with E-state index in [0.29, 0.717) is 0 Å². The van der Waals surface area contributed by atoms with E-state index in [1.165, 1.54) is 0 Å². The Kier molecular flexibility index (Phi) is 3.03. The molecule has 0 radical (unpaired) electrons. The molecule has 1 heterocycles. The highest BCUT2D eigenvalue weighted by Gasteiger charge is 2.29. The lowest BCUT2D eigenvalue weighted by Gasteiger charge is -2.10. The highest BCUT2D eigenvalue weighted by atomic mass is 16.6. The fourth-order valence-electron chi connectivity index (χ4n) is 1.07. The van der Waals surface area contributed by atoms with Crippen LogP contribution >= 0.6 is 0 Å². The molecule has 0 aromatic rings. The Bertz CT molecular complexity index is 288. The van der Waals surface area contributed by atoms with Crippen LogP contribution in [0.2, 0.25) is 0 Å². The van der Waals surface area contributed by atoms with E-state index in [1.54, 1.807) is 0 Å². The van der Waals surface area contributed by atoms with E-state index < -0.39 is 24.1 Å². The maximum atomic E-state index is 10.4. The predicted octanol–water partition coefficient (Wildman–Crippen LogP) is -0.982. The topological polar surface area (TPSA) is 122 Å². The fraction of sp³-hybridized carbons (Fsp3) is 0.571. The lowest BCUT2D eigenvalue weighted by Crippen LogP contribution is -2.34. The molecule has 1 aliphatic rings. The summed E-state index contributed by atoms with van der Waals surface area (Å²) in [7, 11) is 0. The number of nitrogens with zero attached hydrogens (tertiary/aromatic N) is 1. The maximum absolute atomic E-state index is 10.4. The SMILES string of the molecule is N[C@@H](C[C@H]1CC(C(=O)O)=NO1)C(=O)O. The third-order valence-corrected chi connectivity index (χ3v) is 1.81. The van der Waals surface area contributed by atoms with Crippen molar-refractivity contribution in [3.05, 3.63) is 0 Å². The molecule has 0 aliphatic carbocycles. The lowest BCUT2D eigenvalue weighted by molar-refractivity contribution is -0.139. The number of carboxylic acid groups (broad SMARTS) is 2. The van der Waals surface area contributed by atoms with Crippen LogP contribution in [-0.2, 0) is 14.4 Å². The second-order valence-electron chi connectivity index (χ2n) is 2.96. The number of hydrogen-bond acceptors (Lipinski definition) is 5. The Balaban J connectivity index is 2.39. The van der Waals surface area contributed by atoms with Gasteiger partial charge in [0.15, 0.2) is 5.71 Å². The van der Waals surface area contributed by atoms with Crippen LogP contribution in [-0.4, -0.2) is 40.0 Å². The van der Waals surface area contributed by atoms with E-state index >= 15 is 0 Å². The van der Waals surface area contributed by atoms with Gasteiger partial charge in [-0.1, -0.05) is 5.16 Å². The van der Waals surface area contributed by atoms with Crippen molar-refractivity contribution >= 4 is 17.7 Å². The molecule has 7 nitrogen and oxygen atoms in total. The monoisotopic (exact) mass is 202 g/mol. The Hall–Kier alpha value is -1.63. The van der Waals surface area contributed by atoms with Crippen molar-refractivity contribution in [1.82, 2.24) is 0 Å². The van der Waals surface area contributed by atoms with Gasteiger partial charge in [0.25, 0.3) is 0 Å². The minimum atomic E-state index is -1.16. The second-order valence-corrected chi connectivity index (χ2v) is 2.96. The van der Waals surface area contributed by atoms with Gasteiger partial charge < -0.3 is 20.8 Å². The summed E-state index contributed by atoms with van der Waals surface area (Å²) >= 11 is 0. The molecular weight excluding hydrogens is 192 g/mol. The van der Waals surface area contributed by atoms with E-state index in [2.05, 4.69) is 5.16 Å². The van der Waals surface area contributed by atoms with E-state index in [4.69, 9.17) is 20.8 Å². The van der Waals surface area contributed by atoms with Crippen LogP contribution in [0, 0.1) is 0 Å². The molecule has 2 atom stereocenters. The van der Waals surface area contributed by atoms with Gasteiger partial charge in [-0.3, -0.25) is 4.79 Å². The average molecular weight is 202 g/mol. The van der Waals surface area contributed by atoms with Crippen LogP contribution in [0.15, 0.2) is 5.16 Å². The standard InChI is InChI=1S/C7H10N2O5/c8-4(6(10)11)1-3-2-5(7(12)13)9-14-3/h3-4H,1-2,8H2,(H,10,11)(H,12,13)/t3-,4-/m0/s1. The van der Waals surface area contributed by atoms with Gasteiger partial charge in [0.2, 0.25) is 0 Å². The maximum Gasteiger partial charge on any atom is 0.353 e. The highest BCUT2D eigenvalue weighted by Crippen LogP contribution is 2.15. The first kappa shape index (κ1) is 10.5. The van der Waals surface area contributed by atoms with Crippen molar-refractivity contribution in [2.45, 2.75) is 25.0 Å². The van der Waals surface area contributed by atoms with Crippen molar-refractivity contribution in [3.63, 3.8) is 0 Å². The molecule has 0 amide bonds. The van der Waals surface area contributed by atoms with Crippen LogP contribution in [0.25, 0.3) is 0 Å². The summed E-state index contributed by atoms with van der Waals surface area (Å²) in [5.74, 6) is -2.30. The molecule has 7 heteroatoms. The van der Waals surface area contributed by atoms with Gasteiger partial charge >= 0.3 is 11.9 Å². The van der Waals surface area contributed by atoms with Crippen molar-refractivity contribution in [1.29, 1.82) is 0 Å². The van der Waals surface area contributed by atoms with E-state index in [9.17, 15) is 9.59 Å². The zero-order chi connectivity index (χ0) is 10.7. The largest absolute Gasteiger partial charge is 0.480 e. The summed E-state index contributed by atoms with van der Waals surface area (Å²) in [5, 5.41) is 20.3. The molecule has 0 fully saturated rings. The number of carbonyl (C=O) groups is 2. The molecule has 4 N–H and O–H groups in total.